The van der Waals surface area contributed by atoms with Crippen molar-refractivity contribution < 1.29 is 32.9 Å². The molecule has 2 amide bonds. The van der Waals surface area contributed by atoms with Crippen LogP contribution in [-0.4, -0.2) is 57.7 Å². The second kappa shape index (κ2) is 8.68. The number of carbonyl (C=O) groups excluding carboxylic acids is 2. The van der Waals surface area contributed by atoms with Crippen molar-refractivity contribution >= 4 is 23.6 Å². The van der Waals surface area contributed by atoms with E-state index in [1.54, 1.807) is 37.4 Å². The molecule has 0 aliphatic carbocycles. The highest BCUT2D eigenvalue weighted by atomic mass is 19.1. The molecule has 9 nitrogen and oxygen atoms in total. The van der Waals surface area contributed by atoms with Gasteiger partial charge in [-0.2, -0.15) is 0 Å². The van der Waals surface area contributed by atoms with Crippen LogP contribution in [0, 0.1) is 5.82 Å². The summed E-state index contributed by atoms with van der Waals surface area (Å²) in [6, 6.07) is 11.2. The van der Waals surface area contributed by atoms with Crippen molar-refractivity contribution in [1.82, 2.24) is 0 Å². The summed E-state index contributed by atoms with van der Waals surface area (Å²) < 4.78 is 35.5. The van der Waals surface area contributed by atoms with E-state index >= 15 is 0 Å². The van der Waals surface area contributed by atoms with Gasteiger partial charge < -0.3 is 24.7 Å². The van der Waals surface area contributed by atoms with Gasteiger partial charge in [-0.05, 0) is 36.4 Å². The van der Waals surface area contributed by atoms with Crippen LogP contribution in [0.2, 0.25) is 0 Å². The van der Waals surface area contributed by atoms with Crippen LogP contribution >= 0.6 is 0 Å². The molecule has 2 saturated heterocycles. The monoisotopic (exact) mass is 431 g/mol. The number of nitrogens with two attached hydrogens (primary N) is 1. The fourth-order valence-electron chi connectivity index (χ4n) is 3.39. The minimum atomic E-state index is -0.641. The van der Waals surface area contributed by atoms with E-state index in [9.17, 15) is 14.0 Å². The van der Waals surface area contributed by atoms with E-state index in [4.69, 9.17) is 24.7 Å². The summed E-state index contributed by atoms with van der Waals surface area (Å²) in [5.74, 6) is 0.0272. The van der Waals surface area contributed by atoms with Crippen molar-refractivity contribution in [2.75, 3.05) is 43.2 Å². The lowest BCUT2D eigenvalue weighted by Crippen LogP contribution is -2.27. The molecule has 4 rings (SSSR count). The first-order chi connectivity index (χ1) is 15.0. The third-order valence-corrected chi connectivity index (χ3v) is 5.05. The van der Waals surface area contributed by atoms with Gasteiger partial charge in [0.25, 0.3) is 0 Å². The molecule has 2 aliphatic heterocycles. The number of benzene rings is 2. The van der Waals surface area contributed by atoms with Crippen molar-refractivity contribution in [2.45, 2.75) is 12.2 Å². The molecule has 0 saturated carbocycles. The van der Waals surface area contributed by atoms with Gasteiger partial charge in [-0.3, -0.25) is 9.80 Å². The van der Waals surface area contributed by atoms with Crippen molar-refractivity contribution in [3.8, 4) is 11.5 Å². The molecule has 2 fully saturated rings. The summed E-state index contributed by atoms with van der Waals surface area (Å²) in [4.78, 5) is 26.9. The van der Waals surface area contributed by atoms with E-state index in [-0.39, 0.29) is 32.0 Å². The normalized spacial score (nSPS) is 20.6. The number of cyclic esters (lactones) is 2. The molecule has 0 radical (unpaired) electrons. The molecule has 2 aromatic carbocycles. The van der Waals surface area contributed by atoms with E-state index < -0.39 is 30.2 Å². The highest BCUT2D eigenvalue weighted by molar-refractivity contribution is 5.90. The van der Waals surface area contributed by atoms with Crippen molar-refractivity contribution in [3.05, 3.63) is 48.3 Å². The Labute approximate surface area is 178 Å². The summed E-state index contributed by atoms with van der Waals surface area (Å²) in [6.45, 7) is 0.703. The molecule has 0 bridgehead atoms. The molecule has 2 N–H and O–H groups in total. The second-order valence-electron chi connectivity index (χ2n) is 7.09. The summed E-state index contributed by atoms with van der Waals surface area (Å²) >= 11 is 0. The van der Waals surface area contributed by atoms with E-state index in [0.29, 0.717) is 17.1 Å². The van der Waals surface area contributed by atoms with Gasteiger partial charge in [0.1, 0.15) is 18.5 Å². The van der Waals surface area contributed by atoms with E-state index in [1.807, 2.05) is 0 Å². The third kappa shape index (κ3) is 4.33. The Kier molecular flexibility index (Phi) is 5.81. The summed E-state index contributed by atoms with van der Waals surface area (Å²) in [5, 5.41) is 0. The van der Waals surface area contributed by atoms with Gasteiger partial charge in [-0.15, -0.1) is 0 Å². The molecule has 0 spiro atoms. The lowest BCUT2D eigenvalue weighted by Gasteiger charge is -2.16. The van der Waals surface area contributed by atoms with Crippen LogP contribution in [0.1, 0.15) is 0 Å². The lowest BCUT2D eigenvalue weighted by atomic mass is 10.2. The highest BCUT2D eigenvalue weighted by Crippen LogP contribution is 2.28. The molecule has 2 heterocycles. The zero-order valence-corrected chi connectivity index (χ0v) is 16.8. The average Bonchev–Trinajstić information content (AvgIpc) is 3.35. The Bertz CT molecular complexity index is 970. The van der Waals surface area contributed by atoms with Gasteiger partial charge in [0.2, 0.25) is 0 Å². The smallest absolute Gasteiger partial charge is 0.414 e. The standard InChI is InChI=1S/C21H22FN3O6/c1-28-15-5-2-13(3-6-15)24-11-17(31-20(24)26)12-29-19-7-4-14(8-18(19)22)25-10-16(9-23)30-21(25)27/h2-8,16-17H,9-12,23H2,1H3/t16-,17?/m0/s1. The first kappa shape index (κ1) is 20.7. The highest BCUT2D eigenvalue weighted by Gasteiger charge is 2.34. The average molecular weight is 431 g/mol. The van der Waals surface area contributed by atoms with E-state index in [0.717, 1.165) is 0 Å². The van der Waals surface area contributed by atoms with Gasteiger partial charge in [0, 0.05) is 18.3 Å². The van der Waals surface area contributed by atoms with Crippen LogP contribution < -0.4 is 25.0 Å². The minimum Gasteiger partial charge on any atom is -0.497 e. The molecule has 10 heteroatoms. The SMILES string of the molecule is COc1ccc(N2CC(COc3ccc(N4C[C@H](CN)OC4=O)cc3F)OC2=O)cc1. The minimum absolute atomic E-state index is 0.00867. The fraction of sp³-hybridized carbons (Fsp3) is 0.333. The summed E-state index contributed by atoms with van der Waals surface area (Å²) in [6.07, 6.45) is -2.05. The van der Waals surface area contributed by atoms with Gasteiger partial charge in [-0.1, -0.05) is 0 Å². The first-order valence-electron chi connectivity index (χ1n) is 9.71. The number of rotatable bonds is 7. The topological polar surface area (TPSA) is 104 Å². The predicted molar refractivity (Wildman–Crippen MR) is 109 cm³/mol. The number of amides is 2. The van der Waals surface area contributed by atoms with Crippen molar-refractivity contribution in [3.63, 3.8) is 0 Å². The Morgan fingerprint density at radius 1 is 1.00 bits per heavy atom. The zero-order valence-electron chi connectivity index (χ0n) is 16.8. The molecular weight excluding hydrogens is 409 g/mol. The van der Waals surface area contributed by atoms with Gasteiger partial charge >= 0.3 is 12.2 Å². The number of nitrogens with zero attached hydrogens (tertiary/aromatic N) is 2. The maximum atomic E-state index is 14.5. The number of methoxy groups -OCH3 is 1. The quantitative estimate of drug-likeness (QED) is 0.718. The summed E-state index contributed by atoms with van der Waals surface area (Å²) in [7, 11) is 1.56. The molecule has 0 aromatic heterocycles. The summed E-state index contributed by atoms with van der Waals surface area (Å²) in [5.41, 5.74) is 6.53. The number of halogens is 1. The second-order valence-corrected chi connectivity index (χ2v) is 7.09. The Hall–Kier alpha value is -3.53. The zero-order chi connectivity index (χ0) is 22.0. The maximum Gasteiger partial charge on any atom is 0.414 e. The first-order valence-corrected chi connectivity index (χ1v) is 9.71. The Balaban J connectivity index is 1.36. The van der Waals surface area contributed by atoms with Crippen LogP contribution in [0.4, 0.5) is 25.4 Å². The largest absolute Gasteiger partial charge is 0.497 e. The van der Waals surface area contributed by atoms with Gasteiger partial charge in [-0.25, -0.2) is 14.0 Å². The van der Waals surface area contributed by atoms with Crippen LogP contribution in [0.25, 0.3) is 0 Å². The number of ether oxygens (including phenoxy) is 4. The van der Waals surface area contributed by atoms with Crippen molar-refractivity contribution in [2.24, 2.45) is 5.73 Å². The number of hydrogen-bond donors (Lipinski definition) is 1. The third-order valence-electron chi connectivity index (χ3n) is 5.05. The maximum absolute atomic E-state index is 14.5. The molecule has 2 atom stereocenters. The number of anilines is 2. The van der Waals surface area contributed by atoms with Crippen LogP contribution in [0.15, 0.2) is 42.5 Å². The number of hydrogen-bond acceptors (Lipinski definition) is 7. The molecule has 164 valence electrons. The lowest BCUT2D eigenvalue weighted by molar-refractivity contribution is 0.103. The van der Waals surface area contributed by atoms with Crippen LogP contribution in [-0.2, 0) is 9.47 Å². The predicted octanol–water partition coefficient (Wildman–Crippen LogP) is 2.52. The Morgan fingerprint density at radius 2 is 1.61 bits per heavy atom. The van der Waals surface area contributed by atoms with Crippen LogP contribution in [0.3, 0.4) is 0 Å². The molecular formula is C21H22FN3O6. The van der Waals surface area contributed by atoms with Crippen LogP contribution in [0.5, 0.6) is 11.5 Å². The molecule has 1 unspecified atom stereocenters. The Morgan fingerprint density at radius 3 is 2.23 bits per heavy atom. The number of carbonyl (C=O) groups is 2. The van der Waals surface area contributed by atoms with Gasteiger partial charge in [0.05, 0.1) is 25.9 Å². The molecule has 2 aromatic rings. The van der Waals surface area contributed by atoms with Gasteiger partial charge in [0.15, 0.2) is 17.7 Å². The fourth-order valence-corrected chi connectivity index (χ4v) is 3.39. The van der Waals surface area contributed by atoms with E-state index in [2.05, 4.69) is 0 Å². The molecule has 31 heavy (non-hydrogen) atoms. The van der Waals surface area contributed by atoms with Crippen molar-refractivity contribution in [1.29, 1.82) is 0 Å². The molecule has 2 aliphatic rings. The van der Waals surface area contributed by atoms with E-state index in [1.165, 1.54) is 21.9 Å².